The third kappa shape index (κ3) is 3.95. The summed E-state index contributed by atoms with van der Waals surface area (Å²) < 4.78 is 12.0. The number of unbranched alkanes of at least 4 members (excludes halogenated alkanes) is 1. The van der Waals surface area contributed by atoms with Gasteiger partial charge in [-0.2, -0.15) is 0 Å². The molecule has 1 aliphatic heterocycles. The molecule has 0 atom stereocenters. The fourth-order valence-corrected chi connectivity index (χ4v) is 2.83. The average Bonchev–Trinajstić information content (AvgIpc) is 2.44. The molecule has 3 nitrogen and oxygen atoms in total. The van der Waals surface area contributed by atoms with E-state index in [1.807, 2.05) is 12.1 Å². The summed E-state index contributed by atoms with van der Waals surface area (Å²) in [6.45, 7) is 12.7. The number of fused-ring (bicyclic) bond motifs is 1. The van der Waals surface area contributed by atoms with Crippen molar-refractivity contribution in [2.75, 3.05) is 6.61 Å². The number of Topliss-reactive ketones (excluding diaryl/α,β-unsaturated/α-hetero) is 1. The van der Waals surface area contributed by atoms with Crippen LogP contribution >= 0.6 is 0 Å². The van der Waals surface area contributed by atoms with Crippen LogP contribution in [-0.4, -0.2) is 18.0 Å². The zero-order valence-corrected chi connectivity index (χ0v) is 15.2. The van der Waals surface area contributed by atoms with Gasteiger partial charge in [-0.1, -0.05) is 27.2 Å². The normalized spacial score (nSPS) is 15.7. The molecular weight excluding hydrogens is 288 g/mol. The van der Waals surface area contributed by atoms with Crippen molar-refractivity contribution in [2.24, 2.45) is 5.92 Å². The van der Waals surface area contributed by atoms with Gasteiger partial charge in [0.15, 0.2) is 5.78 Å². The molecule has 0 amide bonds. The summed E-state index contributed by atoms with van der Waals surface area (Å²) in [6, 6.07) is 3.82. The summed E-state index contributed by atoms with van der Waals surface area (Å²) in [4.78, 5) is 12.0. The molecule has 1 aromatic rings. The molecule has 0 spiro atoms. The molecule has 1 heterocycles. The topological polar surface area (TPSA) is 35.5 Å². The van der Waals surface area contributed by atoms with Gasteiger partial charge >= 0.3 is 0 Å². The first-order valence-corrected chi connectivity index (χ1v) is 8.49. The van der Waals surface area contributed by atoms with Crippen LogP contribution in [0.15, 0.2) is 18.2 Å². The lowest BCUT2D eigenvalue weighted by atomic mass is 9.86. The first kappa shape index (κ1) is 17.6. The molecule has 23 heavy (non-hydrogen) atoms. The average molecular weight is 316 g/mol. The molecule has 0 radical (unpaired) electrons. The first-order valence-electron chi connectivity index (χ1n) is 8.49. The van der Waals surface area contributed by atoms with E-state index in [4.69, 9.17) is 9.47 Å². The van der Waals surface area contributed by atoms with Gasteiger partial charge < -0.3 is 9.47 Å². The van der Waals surface area contributed by atoms with Crippen molar-refractivity contribution in [3.8, 4) is 11.5 Å². The van der Waals surface area contributed by atoms with Crippen LogP contribution in [0.5, 0.6) is 11.5 Å². The van der Waals surface area contributed by atoms with Crippen molar-refractivity contribution in [3.05, 3.63) is 29.3 Å². The van der Waals surface area contributed by atoms with Crippen LogP contribution in [0.4, 0.5) is 0 Å². The molecule has 2 rings (SSSR count). The van der Waals surface area contributed by atoms with Gasteiger partial charge in [0.1, 0.15) is 17.1 Å². The van der Waals surface area contributed by atoms with Crippen LogP contribution in [0, 0.1) is 5.92 Å². The van der Waals surface area contributed by atoms with Crippen LogP contribution < -0.4 is 9.47 Å². The highest BCUT2D eigenvalue weighted by Crippen LogP contribution is 2.42. The lowest BCUT2D eigenvalue weighted by Crippen LogP contribution is -2.30. The van der Waals surface area contributed by atoms with Gasteiger partial charge in [-0.25, -0.2) is 0 Å². The number of hydrogen-bond donors (Lipinski definition) is 0. The fraction of sp³-hybridized carbons (Fsp3) is 0.550. The smallest absolute Gasteiger partial charge is 0.163 e. The maximum atomic E-state index is 12.0. The summed E-state index contributed by atoms with van der Waals surface area (Å²) in [7, 11) is 0. The van der Waals surface area contributed by atoms with E-state index in [1.54, 1.807) is 6.92 Å². The van der Waals surface area contributed by atoms with Crippen molar-refractivity contribution < 1.29 is 14.3 Å². The van der Waals surface area contributed by atoms with Crippen LogP contribution in [0.2, 0.25) is 0 Å². The van der Waals surface area contributed by atoms with Crippen LogP contribution in [0.3, 0.4) is 0 Å². The minimum absolute atomic E-state index is 0.0206. The molecular formula is C20H28O3. The molecule has 0 bridgehead atoms. The number of benzene rings is 1. The van der Waals surface area contributed by atoms with Gasteiger partial charge in [0, 0.05) is 11.6 Å². The number of carbonyl (C=O) groups is 1. The monoisotopic (exact) mass is 316 g/mol. The quantitative estimate of drug-likeness (QED) is 0.529. The largest absolute Gasteiger partial charge is 0.493 e. The Morgan fingerprint density at radius 2 is 2.00 bits per heavy atom. The Hall–Kier alpha value is -1.77. The molecule has 0 unspecified atom stereocenters. The second kappa shape index (κ2) is 6.77. The van der Waals surface area contributed by atoms with Crippen LogP contribution in [-0.2, 0) is 0 Å². The maximum absolute atomic E-state index is 12.0. The standard InChI is InChI=1S/C20H28O3/c1-7-8-9-22-18-11-19-16(10-15(18)14(4)21)17(13(2)3)12-20(5,6)23-19/h10-13H,7-9H2,1-6H3. The second-order valence-corrected chi connectivity index (χ2v) is 7.06. The highest BCUT2D eigenvalue weighted by atomic mass is 16.5. The minimum atomic E-state index is -0.356. The van der Waals surface area contributed by atoms with Crippen molar-refractivity contribution in [1.82, 2.24) is 0 Å². The lowest BCUT2D eigenvalue weighted by molar-refractivity contribution is 0.101. The van der Waals surface area contributed by atoms with E-state index in [0.717, 1.165) is 24.2 Å². The zero-order chi connectivity index (χ0) is 17.2. The maximum Gasteiger partial charge on any atom is 0.163 e. The highest BCUT2D eigenvalue weighted by Gasteiger charge is 2.29. The Balaban J connectivity index is 2.51. The van der Waals surface area contributed by atoms with Gasteiger partial charge in [0.25, 0.3) is 0 Å². The predicted octanol–water partition coefficient (Wildman–Crippen LogP) is 5.28. The highest BCUT2D eigenvalue weighted by molar-refractivity contribution is 5.98. The van der Waals surface area contributed by atoms with E-state index in [9.17, 15) is 4.79 Å². The Labute approximate surface area is 139 Å². The van der Waals surface area contributed by atoms with Crippen molar-refractivity contribution in [3.63, 3.8) is 0 Å². The van der Waals surface area contributed by atoms with Crippen LogP contribution in [0.1, 0.15) is 70.3 Å². The van der Waals surface area contributed by atoms with E-state index >= 15 is 0 Å². The molecule has 1 aliphatic rings. The number of carbonyl (C=O) groups excluding carboxylic acids is 1. The molecule has 0 aromatic heterocycles. The molecule has 3 heteroatoms. The van der Waals surface area contributed by atoms with E-state index in [1.165, 1.54) is 5.57 Å². The van der Waals surface area contributed by atoms with Crippen molar-refractivity contribution in [1.29, 1.82) is 0 Å². The van der Waals surface area contributed by atoms with E-state index in [-0.39, 0.29) is 11.4 Å². The predicted molar refractivity (Wildman–Crippen MR) is 94.4 cm³/mol. The second-order valence-electron chi connectivity index (χ2n) is 7.06. The molecule has 0 aliphatic carbocycles. The molecule has 0 N–H and O–H groups in total. The Morgan fingerprint density at radius 3 is 2.57 bits per heavy atom. The van der Waals surface area contributed by atoms with E-state index in [0.29, 0.717) is 23.8 Å². The molecule has 0 fully saturated rings. The van der Waals surface area contributed by atoms with Gasteiger partial charge in [0.05, 0.1) is 12.2 Å². The number of hydrogen-bond acceptors (Lipinski definition) is 3. The lowest BCUT2D eigenvalue weighted by Gasteiger charge is -2.33. The van der Waals surface area contributed by atoms with E-state index in [2.05, 4.69) is 40.7 Å². The van der Waals surface area contributed by atoms with Gasteiger partial charge in [-0.3, -0.25) is 4.79 Å². The molecule has 0 saturated carbocycles. The summed E-state index contributed by atoms with van der Waals surface area (Å²) >= 11 is 0. The number of rotatable bonds is 6. The minimum Gasteiger partial charge on any atom is -0.493 e. The Kier molecular flexibility index (Phi) is 5.18. The summed E-state index contributed by atoms with van der Waals surface area (Å²) in [5.41, 5.74) is 2.51. The van der Waals surface area contributed by atoms with Gasteiger partial charge in [-0.05, 0) is 50.8 Å². The Morgan fingerprint density at radius 1 is 1.30 bits per heavy atom. The summed E-state index contributed by atoms with van der Waals surface area (Å²) in [5.74, 6) is 1.82. The molecule has 1 aromatic carbocycles. The number of ketones is 1. The summed E-state index contributed by atoms with van der Waals surface area (Å²) in [5, 5.41) is 0. The molecule has 0 saturated heterocycles. The number of ether oxygens (including phenoxy) is 2. The SMILES string of the molecule is CCCCOc1cc2c(cc1C(C)=O)C(C(C)C)=CC(C)(C)O2. The van der Waals surface area contributed by atoms with E-state index < -0.39 is 0 Å². The van der Waals surface area contributed by atoms with Gasteiger partial charge in [-0.15, -0.1) is 0 Å². The zero-order valence-electron chi connectivity index (χ0n) is 15.2. The van der Waals surface area contributed by atoms with Crippen LogP contribution in [0.25, 0.3) is 5.57 Å². The van der Waals surface area contributed by atoms with Gasteiger partial charge in [0.2, 0.25) is 0 Å². The summed E-state index contributed by atoms with van der Waals surface area (Å²) in [6.07, 6.45) is 4.18. The first-order chi connectivity index (χ1) is 10.7. The third-order valence-corrected chi connectivity index (χ3v) is 4.03. The number of allylic oxidation sites excluding steroid dienone is 1. The van der Waals surface area contributed by atoms with Crippen molar-refractivity contribution in [2.45, 2.75) is 60.0 Å². The molecule has 126 valence electrons. The Bertz CT molecular complexity index is 624. The fourth-order valence-electron chi connectivity index (χ4n) is 2.83. The third-order valence-electron chi connectivity index (χ3n) is 4.03. The van der Waals surface area contributed by atoms with Crippen molar-refractivity contribution >= 4 is 11.4 Å².